The van der Waals surface area contributed by atoms with Crippen LogP contribution < -0.4 is 0 Å². The zero-order valence-electron chi connectivity index (χ0n) is 23.5. The molecule has 2 saturated carbocycles. The van der Waals surface area contributed by atoms with Crippen molar-refractivity contribution in [2.24, 2.45) is 45.3 Å². The monoisotopic (exact) mass is 518 g/mol. The molecule has 0 heterocycles. The molecule has 7 nitrogen and oxygen atoms in total. The fraction of sp³-hybridized carbons (Fsp3) is 0.833. The zero-order valence-corrected chi connectivity index (χ0v) is 23.5. The molecule has 0 saturated heterocycles. The first kappa shape index (κ1) is 28.4. The zero-order chi connectivity index (χ0) is 27.9. The molecule has 0 aromatic rings. The highest BCUT2D eigenvalue weighted by atomic mass is 16.4. The van der Waals surface area contributed by atoms with Gasteiger partial charge < -0.3 is 20.4 Å². The number of hydrogen-bond acceptors (Lipinski definition) is 6. The quantitative estimate of drug-likeness (QED) is 0.419. The van der Waals surface area contributed by atoms with E-state index >= 15 is 0 Å². The number of aliphatic hydroxyl groups is 3. The SMILES string of the molecule is C[C@H](CC(=O)C[C@H](C)[C@H]1C[C@H](O)[C@@]2(C)C3=C(C(=O)C[C@]12C)[C@@]1(C)CC[C@H](O)C(C)(C)[C@H]1C[C@@H]3O)C(=O)O. The second-order valence-corrected chi connectivity index (χ2v) is 14.1. The van der Waals surface area contributed by atoms with E-state index in [1.165, 1.54) is 6.92 Å². The molecule has 4 aliphatic rings. The second-order valence-electron chi connectivity index (χ2n) is 14.1. The molecule has 10 atom stereocenters. The molecule has 0 bridgehead atoms. The van der Waals surface area contributed by atoms with E-state index in [0.717, 1.165) is 0 Å². The van der Waals surface area contributed by atoms with Crippen LogP contribution in [0.2, 0.25) is 0 Å². The van der Waals surface area contributed by atoms with Crippen LogP contribution in [0, 0.1) is 45.3 Å². The maximum absolute atomic E-state index is 14.1. The summed E-state index contributed by atoms with van der Waals surface area (Å²) in [6, 6.07) is 0. The molecule has 0 amide bonds. The first-order valence-corrected chi connectivity index (χ1v) is 14.0. The van der Waals surface area contributed by atoms with Crippen LogP contribution in [0.4, 0.5) is 0 Å². The van der Waals surface area contributed by atoms with Gasteiger partial charge >= 0.3 is 5.97 Å². The van der Waals surface area contributed by atoms with Gasteiger partial charge in [0.1, 0.15) is 5.78 Å². The van der Waals surface area contributed by atoms with Gasteiger partial charge in [0.15, 0.2) is 5.78 Å². The number of allylic oxidation sites excluding steroid dienone is 1. The molecule has 0 aromatic carbocycles. The van der Waals surface area contributed by atoms with Gasteiger partial charge in [-0.15, -0.1) is 0 Å². The Morgan fingerprint density at radius 2 is 1.59 bits per heavy atom. The fourth-order valence-electron chi connectivity index (χ4n) is 9.39. The molecule has 208 valence electrons. The molecule has 4 aliphatic carbocycles. The number of ketones is 2. The van der Waals surface area contributed by atoms with Crippen molar-refractivity contribution in [3.63, 3.8) is 0 Å². The maximum atomic E-state index is 14.1. The number of Topliss-reactive ketones (excluding diaryl/α,β-unsaturated/α-hetero) is 2. The van der Waals surface area contributed by atoms with Gasteiger partial charge in [-0.05, 0) is 65.3 Å². The van der Waals surface area contributed by atoms with Crippen molar-refractivity contribution in [3.8, 4) is 0 Å². The molecule has 0 unspecified atom stereocenters. The lowest BCUT2D eigenvalue weighted by Gasteiger charge is -2.62. The van der Waals surface area contributed by atoms with E-state index in [4.69, 9.17) is 0 Å². The van der Waals surface area contributed by atoms with Gasteiger partial charge in [-0.1, -0.05) is 48.5 Å². The van der Waals surface area contributed by atoms with Crippen LogP contribution in [0.5, 0.6) is 0 Å². The molecular weight excluding hydrogens is 472 g/mol. The predicted octanol–water partition coefficient (Wildman–Crippen LogP) is 3.92. The number of carbonyl (C=O) groups is 3. The fourth-order valence-corrected chi connectivity index (χ4v) is 9.39. The molecule has 0 spiro atoms. The molecule has 4 rings (SSSR count). The lowest BCUT2D eigenvalue weighted by atomic mass is 9.42. The van der Waals surface area contributed by atoms with Gasteiger partial charge in [-0.3, -0.25) is 14.4 Å². The Hall–Kier alpha value is -1.57. The van der Waals surface area contributed by atoms with Gasteiger partial charge in [-0.25, -0.2) is 0 Å². The minimum Gasteiger partial charge on any atom is -0.481 e. The largest absolute Gasteiger partial charge is 0.481 e. The topological polar surface area (TPSA) is 132 Å². The highest BCUT2D eigenvalue weighted by molar-refractivity contribution is 6.00. The van der Waals surface area contributed by atoms with E-state index in [1.807, 2.05) is 34.6 Å². The standard InChI is InChI=1S/C30H46O7/c1-15(10-17(31)11-16(2)26(36)37)18-12-23(35)30(7)25-19(32)13-21-27(3,4)22(34)8-9-28(21,5)24(25)20(33)14-29(18,30)6/h15-16,18-19,21-23,32,34-35H,8-14H2,1-7H3,(H,36,37)/t15-,16+,18+,19-,21+,22-,23-,28-,29+,30-/m0/s1. The third-order valence-electron chi connectivity index (χ3n) is 11.8. The summed E-state index contributed by atoms with van der Waals surface area (Å²) >= 11 is 0. The first-order chi connectivity index (χ1) is 16.9. The van der Waals surface area contributed by atoms with Crippen LogP contribution in [-0.2, 0) is 14.4 Å². The Balaban J connectivity index is 1.74. The third-order valence-corrected chi connectivity index (χ3v) is 11.8. The summed E-state index contributed by atoms with van der Waals surface area (Å²) in [5, 5.41) is 43.3. The van der Waals surface area contributed by atoms with E-state index in [-0.39, 0.29) is 48.6 Å². The van der Waals surface area contributed by atoms with Crippen LogP contribution in [0.1, 0.15) is 93.4 Å². The van der Waals surface area contributed by atoms with Crippen molar-refractivity contribution in [1.29, 1.82) is 0 Å². The summed E-state index contributed by atoms with van der Waals surface area (Å²) in [4.78, 5) is 38.0. The number of aliphatic hydroxyl groups excluding tert-OH is 3. The van der Waals surface area contributed by atoms with Gasteiger partial charge in [0.05, 0.1) is 24.2 Å². The number of rotatable bonds is 6. The van der Waals surface area contributed by atoms with Crippen molar-refractivity contribution < 1.29 is 34.8 Å². The van der Waals surface area contributed by atoms with E-state index < -0.39 is 51.9 Å². The lowest BCUT2D eigenvalue weighted by molar-refractivity contribution is -0.143. The molecule has 0 aromatic heterocycles. The predicted molar refractivity (Wildman–Crippen MR) is 138 cm³/mol. The van der Waals surface area contributed by atoms with Crippen LogP contribution in [0.25, 0.3) is 0 Å². The Morgan fingerprint density at radius 3 is 2.19 bits per heavy atom. The molecule has 0 aliphatic heterocycles. The minimum atomic E-state index is -0.995. The normalized spacial score (nSPS) is 44.5. The van der Waals surface area contributed by atoms with Gasteiger partial charge in [-0.2, -0.15) is 0 Å². The molecule has 7 heteroatoms. The van der Waals surface area contributed by atoms with Crippen LogP contribution in [0.3, 0.4) is 0 Å². The summed E-state index contributed by atoms with van der Waals surface area (Å²) in [7, 11) is 0. The first-order valence-electron chi connectivity index (χ1n) is 14.0. The number of carboxylic acid groups (broad SMARTS) is 1. The van der Waals surface area contributed by atoms with Gasteiger partial charge in [0, 0.05) is 30.3 Å². The number of carbonyl (C=O) groups excluding carboxylic acids is 2. The number of aliphatic carboxylic acids is 1. The average Bonchev–Trinajstić information content (AvgIpc) is 2.99. The molecule has 0 radical (unpaired) electrons. The van der Waals surface area contributed by atoms with Crippen molar-refractivity contribution >= 4 is 17.5 Å². The summed E-state index contributed by atoms with van der Waals surface area (Å²) in [6.07, 6.45) is 0.391. The highest BCUT2D eigenvalue weighted by Crippen LogP contribution is 2.71. The van der Waals surface area contributed by atoms with E-state index in [0.29, 0.717) is 36.8 Å². The molecule has 2 fully saturated rings. The Labute approximate surface area is 220 Å². The van der Waals surface area contributed by atoms with E-state index in [1.54, 1.807) is 0 Å². The number of hydrogen-bond donors (Lipinski definition) is 4. The Kier molecular flexibility index (Phi) is 6.91. The van der Waals surface area contributed by atoms with E-state index in [9.17, 15) is 34.8 Å². The minimum absolute atomic E-state index is 0.0190. The maximum Gasteiger partial charge on any atom is 0.306 e. The third kappa shape index (κ3) is 3.89. The summed E-state index contributed by atoms with van der Waals surface area (Å²) in [6.45, 7) is 13.7. The summed E-state index contributed by atoms with van der Waals surface area (Å²) in [5.41, 5.74) is -1.03. The Morgan fingerprint density at radius 1 is 0.973 bits per heavy atom. The van der Waals surface area contributed by atoms with Crippen molar-refractivity contribution in [2.45, 2.75) is 112 Å². The van der Waals surface area contributed by atoms with Crippen LogP contribution >= 0.6 is 0 Å². The summed E-state index contributed by atoms with van der Waals surface area (Å²) < 4.78 is 0. The van der Waals surface area contributed by atoms with Gasteiger partial charge in [0.25, 0.3) is 0 Å². The lowest BCUT2D eigenvalue weighted by Crippen LogP contribution is -2.61. The highest BCUT2D eigenvalue weighted by Gasteiger charge is 2.70. The van der Waals surface area contributed by atoms with Crippen molar-refractivity contribution in [1.82, 2.24) is 0 Å². The second kappa shape index (κ2) is 8.99. The average molecular weight is 519 g/mol. The van der Waals surface area contributed by atoms with Crippen LogP contribution in [0.15, 0.2) is 11.1 Å². The summed E-state index contributed by atoms with van der Waals surface area (Å²) in [5.74, 6) is -2.17. The molecule has 4 N–H and O–H groups in total. The van der Waals surface area contributed by atoms with Crippen LogP contribution in [-0.4, -0.2) is 56.3 Å². The number of fused-ring (bicyclic) bond motifs is 4. The van der Waals surface area contributed by atoms with E-state index in [2.05, 4.69) is 6.92 Å². The Bertz CT molecular complexity index is 1030. The molecule has 37 heavy (non-hydrogen) atoms. The molecular formula is C30H46O7. The smallest absolute Gasteiger partial charge is 0.306 e. The van der Waals surface area contributed by atoms with Crippen molar-refractivity contribution in [2.75, 3.05) is 0 Å². The van der Waals surface area contributed by atoms with Gasteiger partial charge in [0.2, 0.25) is 0 Å². The number of carboxylic acids is 1. The van der Waals surface area contributed by atoms with Crippen molar-refractivity contribution in [3.05, 3.63) is 11.1 Å².